The summed E-state index contributed by atoms with van der Waals surface area (Å²) in [7, 11) is 0. The molecule has 0 spiro atoms. The van der Waals surface area contributed by atoms with Crippen LogP contribution in [0.4, 0.5) is 5.13 Å². The van der Waals surface area contributed by atoms with E-state index in [1.54, 1.807) is 23.5 Å². The van der Waals surface area contributed by atoms with Gasteiger partial charge in [-0.3, -0.25) is 9.59 Å². The number of aromatic nitrogens is 2. The third kappa shape index (κ3) is 3.22. The molecule has 1 saturated heterocycles. The maximum Gasteiger partial charge on any atom is 0.270 e. The van der Waals surface area contributed by atoms with Crippen LogP contribution in [0.1, 0.15) is 22.6 Å². The van der Waals surface area contributed by atoms with E-state index in [0.29, 0.717) is 24.2 Å². The van der Waals surface area contributed by atoms with Gasteiger partial charge in [-0.15, -0.1) is 11.3 Å². The second kappa shape index (κ2) is 6.92. The quantitative estimate of drug-likeness (QED) is 0.755. The van der Waals surface area contributed by atoms with Gasteiger partial charge in [-0.25, -0.2) is 4.98 Å². The Bertz CT molecular complexity index is 1010. The molecule has 6 nitrogen and oxygen atoms in total. The smallest absolute Gasteiger partial charge is 0.270 e. The predicted molar refractivity (Wildman–Crippen MR) is 104 cm³/mol. The minimum absolute atomic E-state index is 0.120. The van der Waals surface area contributed by atoms with Gasteiger partial charge < -0.3 is 14.8 Å². The van der Waals surface area contributed by atoms with Crippen LogP contribution in [0.25, 0.3) is 10.8 Å². The molecule has 1 fully saturated rings. The average Bonchev–Trinajstić information content (AvgIpc) is 2.93. The topological polar surface area (TPSA) is 69.3 Å². The molecule has 4 rings (SSSR count). The molecular weight excluding hydrogens is 348 g/mol. The number of benzene rings is 1. The fourth-order valence-corrected chi connectivity index (χ4v) is 4.15. The van der Waals surface area contributed by atoms with Crippen molar-refractivity contribution in [2.75, 3.05) is 31.1 Å². The lowest BCUT2D eigenvalue weighted by Gasteiger charge is -2.21. The van der Waals surface area contributed by atoms with Crippen molar-refractivity contribution in [2.24, 2.45) is 0 Å². The van der Waals surface area contributed by atoms with Crippen molar-refractivity contribution in [3.8, 4) is 0 Å². The van der Waals surface area contributed by atoms with E-state index in [2.05, 4.69) is 14.9 Å². The maximum absolute atomic E-state index is 12.9. The van der Waals surface area contributed by atoms with Crippen molar-refractivity contribution in [1.29, 1.82) is 0 Å². The van der Waals surface area contributed by atoms with Gasteiger partial charge in [-0.05, 0) is 30.9 Å². The van der Waals surface area contributed by atoms with Crippen molar-refractivity contribution in [3.63, 3.8) is 0 Å². The molecule has 1 N–H and O–H groups in total. The molecule has 3 heterocycles. The van der Waals surface area contributed by atoms with E-state index in [0.717, 1.165) is 35.7 Å². The molecule has 1 aliphatic rings. The standard InChI is InChI=1S/C19H20N4O2S/c1-13-12-26-19(20-13)23-8-4-7-22(9-10-23)18(25)16-11-14-5-2-3-6-15(14)17(24)21-16/h2-3,5-6,11-12H,4,7-10H2,1H3,(H,21,24). The van der Waals surface area contributed by atoms with Gasteiger partial charge in [-0.1, -0.05) is 18.2 Å². The van der Waals surface area contributed by atoms with Gasteiger partial charge in [0.15, 0.2) is 5.13 Å². The summed E-state index contributed by atoms with van der Waals surface area (Å²) in [6.07, 6.45) is 0.877. The number of hydrogen-bond acceptors (Lipinski definition) is 5. The molecule has 26 heavy (non-hydrogen) atoms. The third-order valence-corrected chi connectivity index (χ3v) is 5.66. The summed E-state index contributed by atoms with van der Waals surface area (Å²) < 4.78 is 0. The second-order valence-electron chi connectivity index (χ2n) is 6.50. The van der Waals surface area contributed by atoms with Gasteiger partial charge in [0.2, 0.25) is 0 Å². The van der Waals surface area contributed by atoms with E-state index >= 15 is 0 Å². The number of hydrogen-bond donors (Lipinski definition) is 1. The highest BCUT2D eigenvalue weighted by molar-refractivity contribution is 7.13. The molecule has 1 amide bonds. The number of H-pyrrole nitrogens is 1. The Morgan fingerprint density at radius 2 is 2.04 bits per heavy atom. The van der Waals surface area contributed by atoms with Gasteiger partial charge in [0, 0.05) is 36.9 Å². The monoisotopic (exact) mass is 368 g/mol. The van der Waals surface area contributed by atoms with Gasteiger partial charge in [0.05, 0.1) is 5.69 Å². The Morgan fingerprint density at radius 1 is 1.19 bits per heavy atom. The van der Waals surface area contributed by atoms with Gasteiger partial charge >= 0.3 is 0 Å². The first-order valence-corrected chi connectivity index (χ1v) is 9.58. The number of aromatic amines is 1. The number of nitrogens with zero attached hydrogens (tertiary/aromatic N) is 3. The van der Waals surface area contributed by atoms with Crippen LogP contribution < -0.4 is 10.5 Å². The van der Waals surface area contributed by atoms with E-state index in [-0.39, 0.29) is 11.5 Å². The molecule has 0 unspecified atom stereocenters. The van der Waals surface area contributed by atoms with Crippen LogP contribution in [-0.4, -0.2) is 47.0 Å². The van der Waals surface area contributed by atoms with Crippen molar-refractivity contribution in [3.05, 3.63) is 57.5 Å². The Labute approximate surface area is 155 Å². The van der Waals surface area contributed by atoms with Gasteiger partial charge in [-0.2, -0.15) is 0 Å². The highest BCUT2D eigenvalue weighted by atomic mass is 32.1. The number of thiazole rings is 1. The minimum Gasteiger partial charge on any atom is -0.346 e. The lowest BCUT2D eigenvalue weighted by molar-refractivity contribution is 0.0761. The fourth-order valence-electron chi connectivity index (χ4n) is 3.30. The summed E-state index contributed by atoms with van der Waals surface area (Å²) in [5.41, 5.74) is 1.16. The third-order valence-electron chi connectivity index (χ3n) is 4.64. The predicted octanol–water partition coefficient (Wildman–Crippen LogP) is 2.65. The maximum atomic E-state index is 12.9. The van der Waals surface area contributed by atoms with Crippen LogP contribution in [0.5, 0.6) is 0 Å². The van der Waals surface area contributed by atoms with Crippen molar-refractivity contribution in [2.45, 2.75) is 13.3 Å². The fraction of sp³-hybridized carbons (Fsp3) is 0.316. The molecule has 2 aromatic heterocycles. The zero-order chi connectivity index (χ0) is 18.1. The first-order chi connectivity index (χ1) is 12.6. The highest BCUT2D eigenvalue weighted by Crippen LogP contribution is 2.22. The number of aryl methyl sites for hydroxylation is 1. The molecule has 0 atom stereocenters. The van der Waals surface area contributed by atoms with Crippen molar-refractivity contribution >= 4 is 33.1 Å². The molecule has 0 bridgehead atoms. The minimum atomic E-state index is -0.221. The van der Waals surface area contributed by atoms with E-state index in [4.69, 9.17) is 0 Å². The summed E-state index contributed by atoms with van der Waals surface area (Å²) in [5.74, 6) is -0.120. The number of anilines is 1. The lowest BCUT2D eigenvalue weighted by Crippen LogP contribution is -2.36. The second-order valence-corrected chi connectivity index (χ2v) is 7.34. The summed E-state index contributed by atoms with van der Waals surface area (Å²) >= 11 is 1.64. The van der Waals surface area contributed by atoms with E-state index in [1.807, 2.05) is 35.4 Å². The SMILES string of the molecule is Cc1csc(N2CCCN(C(=O)c3cc4ccccc4c(=O)[nH]3)CC2)n1. The molecule has 134 valence electrons. The number of nitrogens with one attached hydrogen (secondary N) is 1. The Hall–Kier alpha value is -2.67. The Kier molecular flexibility index (Phi) is 4.46. The van der Waals surface area contributed by atoms with E-state index < -0.39 is 0 Å². The molecule has 0 saturated carbocycles. The van der Waals surface area contributed by atoms with Crippen molar-refractivity contribution in [1.82, 2.24) is 14.9 Å². The largest absolute Gasteiger partial charge is 0.346 e. The van der Waals surface area contributed by atoms with Gasteiger partial charge in [0.25, 0.3) is 11.5 Å². The molecule has 0 aliphatic carbocycles. The molecule has 3 aromatic rings. The first-order valence-electron chi connectivity index (χ1n) is 8.70. The highest BCUT2D eigenvalue weighted by Gasteiger charge is 2.22. The Morgan fingerprint density at radius 3 is 2.85 bits per heavy atom. The Balaban J connectivity index is 1.54. The zero-order valence-corrected chi connectivity index (χ0v) is 15.4. The number of amides is 1. The van der Waals surface area contributed by atoms with Crippen LogP contribution >= 0.6 is 11.3 Å². The summed E-state index contributed by atoms with van der Waals surface area (Å²) in [4.78, 5) is 36.5. The van der Waals surface area contributed by atoms with Crippen LogP contribution in [0, 0.1) is 6.92 Å². The lowest BCUT2D eigenvalue weighted by atomic mass is 10.1. The molecule has 1 aliphatic heterocycles. The molecule has 7 heteroatoms. The van der Waals surface area contributed by atoms with Crippen LogP contribution in [0.15, 0.2) is 40.5 Å². The van der Waals surface area contributed by atoms with E-state index in [9.17, 15) is 9.59 Å². The number of pyridine rings is 1. The number of fused-ring (bicyclic) bond motifs is 1. The van der Waals surface area contributed by atoms with Crippen LogP contribution in [0.3, 0.4) is 0 Å². The van der Waals surface area contributed by atoms with E-state index in [1.165, 1.54) is 0 Å². The average molecular weight is 368 g/mol. The summed E-state index contributed by atoms with van der Waals surface area (Å²) in [6.45, 7) is 4.91. The molecular formula is C19H20N4O2S. The normalized spacial score (nSPS) is 15.3. The molecule has 0 radical (unpaired) electrons. The number of rotatable bonds is 2. The first kappa shape index (κ1) is 16.8. The number of carbonyl (C=O) groups is 1. The summed E-state index contributed by atoms with van der Waals surface area (Å²) in [6, 6.07) is 9.09. The van der Waals surface area contributed by atoms with Gasteiger partial charge in [0.1, 0.15) is 5.69 Å². The number of carbonyl (C=O) groups excluding carboxylic acids is 1. The molecule has 1 aromatic carbocycles. The summed E-state index contributed by atoms with van der Waals surface area (Å²) in [5, 5.41) is 4.44. The van der Waals surface area contributed by atoms with Crippen molar-refractivity contribution < 1.29 is 4.79 Å². The zero-order valence-electron chi connectivity index (χ0n) is 14.6. The van der Waals surface area contributed by atoms with Crippen LogP contribution in [0.2, 0.25) is 0 Å². The van der Waals surface area contributed by atoms with Crippen LogP contribution in [-0.2, 0) is 0 Å².